The van der Waals surface area contributed by atoms with Gasteiger partial charge in [0.25, 0.3) is 0 Å². The van der Waals surface area contributed by atoms with Crippen LogP contribution in [0, 0.1) is 11.7 Å². The number of hydrogen-bond donors (Lipinski definition) is 1. The zero-order valence-electron chi connectivity index (χ0n) is 20.1. The molecule has 1 unspecified atom stereocenters. The van der Waals surface area contributed by atoms with Crippen molar-refractivity contribution in [2.75, 3.05) is 6.54 Å². The lowest BCUT2D eigenvalue weighted by molar-refractivity contribution is -0.128. The first kappa shape index (κ1) is 23.9. The van der Waals surface area contributed by atoms with Crippen LogP contribution in [0.1, 0.15) is 66.6 Å². The van der Waals surface area contributed by atoms with Crippen LogP contribution in [0.15, 0.2) is 48.5 Å². The highest BCUT2D eigenvalue weighted by atomic mass is 19.1. The molecular formula is C28H28FN3O4. The summed E-state index contributed by atoms with van der Waals surface area (Å²) < 4.78 is 20.5. The summed E-state index contributed by atoms with van der Waals surface area (Å²) in [5, 5.41) is 18.2. The van der Waals surface area contributed by atoms with Crippen LogP contribution in [-0.2, 0) is 11.3 Å². The lowest BCUT2D eigenvalue weighted by atomic mass is 10.0. The van der Waals surface area contributed by atoms with Crippen molar-refractivity contribution in [3.05, 3.63) is 71.2 Å². The van der Waals surface area contributed by atoms with Crippen molar-refractivity contribution in [2.45, 2.75) is 51.5 Å². The number of hydrogen-bond acceptors (Lipinski definition) is 5. The van der Waals surface area contributed by atoms with Gasteiger partial charge >= 0.3 is 5.97 Å². The van der Waals surface area contributed by atoms with E-state index in [0.717, 1.165) is 23.0 Å². The fraction of sp³-hybridized carbons (Fsp3) is 0.357. The van der Waals surface area contributed by atoms with Gasteiger partial charge in [0.1, 0.15) is 17.3 Å². The van der Waals surface area contributed by atoms with Crippen LogP contribution in [0.25, 0.3) is 11.3 Å². The minimum Gasteiger partial charge on any atom is -0.478 e. The monoisotopic (exact) mass is 489 g/mol. The summed E-state index contributed by atoms with van der Waals surface area (Å²) in [6.45, 7) is 2.70. The standard InChI is InChI=1S/C28H28FN3O4/c1-17-12-27(33)32(15-17)16-20-13-23(29)22(28(34)35)14-26(20)36-21-8-6-19(7-9-21)25-11-10-24(30-31-25)18-4-2-3-5-18/h6-11,13-14,17-18H,2-5,12,15-16H2,1H3,(H,34,35). The Labute approximate surface area is 208 Å². The number of nitrogens with zero attached hydrogens (tertiary/aromatic N) is 3. The van der Waals surface area contributed by atoms with E-state index in [9.17, 15) is 19.1 Å². The predicted molar refractivity (Wildman–Crippen MR) is 131 cm³/mol. The lowest BCUT2D eigenvalue weighted by Crippen LogP contribution is -2.25. The molecule has 5 rings (SSSR count). The molecule has 2 fully saturated rings. The molecule has 0 spiro atoms. The Morgan fingerprint density at radius 2 is 1.86 bits per heavy atom. The first-order valence-electron chi connectivity index (χ1n) is 12.3. The predicted octanol–water partition coefficient (Wildman–Crippen LogP) is 5.80. The van der Waals surface area contributed by atoms with Gasteiger partial charge in [-0.3, -0.25) is 4.79 Å². The number of likely N-dealkylation sites (tertiary alicyclic amines) is 1. The van der Waals surface area contributed by atoms with Crippen LogP contribution in [-0.4, -0.2) is 38.6 Å². The van der Waals surface area contributed by atoms with E-state index in [1.54, 1.807) is 17.0 Å². The summed E-state index contributed by atoms with van der Waals surface area (Å²) in [6.07, 6.45) is 5.26. The van der Waals surface area contributed by atoms with Gasteiger partial charge in [0.2, 0.25) is 5.91 Å². The molecule has 1 aliphatic carbocycles. The summed E-state index contributed by atoms with van der Waals surface area (Å²) >= 11 is 0. The summed E-state index contributed by atoms with van der Waals surface area (Å²) in [7, 11) is 0. The van der Waals surface area contributed by atoms with Gasteiger partial charge in [-0.2, -0.15) is 10.2 Å². The van der Waals surface area contributed by atoms with Gasteiger partial charge in [-0.25, -0.2) is 9.18 Å². The second kappa shape index (κ2) is 10.0. The van der Waals surface area contributed by atoms with E-state index >= 15 is 0 Å². The van der Waals surface area contributed by atoms with Crippen LogP contribution in [0.3, 0.4) is 0 Å². The minimum atomic E-state index is -1.38. The number of carbonyl (C=O) groups excluding carboxylic acids is 1. The molecule has 2 aliphatic rings. The van der Waals surface area contributed by atoms with E-state index in [2.05, 4.69) is 10.2 Å². The molecule has 186 valence electrons. The molecule has 1 aromatic heterocycles. The number of carboxylic acids is 1. The van der Waals surface area contributed by atoms with Crippen LogP contribution in [0.4, 0.5) is 4.39 Å². The Balaban J connectivity index is 1.36. The molecule has 1 atom stereocenters. The molecule has 2 heterocycles. The topological polar surface area (TPSA) is 92.6 Å². The first-order chi connectivity index (χ1) is 17.4. The maximum Gasteiger partial charge on any atom is 0.338 e. The fourth-order valence-electron chi connectivity index (χ4n) is 5.06. The number of carboxylic acid groups (broad SMARTS) is 1. The lowest BCUT2D eigenvalue weighted by Gasteiger charge is -2.19. The van der Waals surface area contributed by atoms with Crippen LogP contribution in [0.2, 0.25) is 0 Å². The first-order valence-corrected chi connectivity index (χ1v) is 12.3. The van der Waals surface area contributed by atoms with E-state index in [-0.39, 0.29) is 24.1 Å². The maximum absolute atomic E-state index is 14.5. The Morgan fingerprint density at radius 3 is 2.47 bits per heavy atom. The molecule has 0 bridgehead atoms. The highest BCUT2D eigenvalue weighted by Crippen LogP contribution is 2.34. The largest absolute Gasteiger partial charge is 0.478 e. The van der Waals surface area contributed by atoms with Crippen molar-refractivity contribution in [1.29, 1.82) is 0 Å². The second-order valence-corrected chi connectivity index (χ2v) is 9.78. The number of amides is 1. The van der Waals surface area contributed by atoms with Gasteiger partial charge < -0.3 is 14.7 Å². The van der Waals surface area contributed by atoms with E-state index < -0.39 is 17.3 Å². The zero-order chi connectivity index (χ0) is 25.2. The molecule has 0 radical (unpaired) electrons. The Hall–Kier alpha value is -3.81. The number of ether oxygens (including phenoxy) is 1. The molecule has 1 aliphatic heterocycles. The average molecular weight is 490 g/mol. The van der Waals surface area contributed by atoms with Gasteiger partial charge in [0.05, 0.1) is 17.0 Å². The van der Waals surface area contributed by atoms with E-state index in [1.165, 1.54) is 31.7 Å². The molecule has 1 amide bonds. The fourth-order valence-corrected chi connectivity index (χ4v) is 5.06. The molecule has 8 heteroatoms. The number of aromatic carboxylic acids is 1. The normalized spacial score (nSPS) is 18.1. The Morgan fingerprint density at radius 1 is 1.11 bits per heavy atom. The maximum atomic E-state index is 14.5. The summed E-state index contributed by atoms with van der Waals surface area (Å²) in [4.78, 5) is 25.4. The minimum absolute atomic E-state index is 0.0134. The SMILES string of the molecule is CC1CC(=O)N(Cc2cc(F)c(C(=O)O)cc2Oc2ccc(-c3ccc(C4CCCC4)nn3)cc2)C1. The number of halogens is 1. The van der Waals surface area contributed by atoms with Crippen LogP contribution in [0.5, 0.6) is 11.5 Å². The van der Waals surface area contributed by atoms with Gasteiger partial charge in [0.15, 0.2) is 0 Å². The van der Waals surface area contributed by atoms with E-state index in [0.29, 0.717) is 30.2 Å². The van der Waals surface area contributed by atoms with E-state index in [1.807, 2.05) is 31.2 Å². The molecule has 7 nitrogen and oxygen atoms in total. The number of aromatic nitrogens is 2. The average Bonchev–Trinajstić information content (AvgIpc) is 3.51. The van der Waals surface area contributed by atoms with Crippen molar-refractivity contribution in [3.63, 3.8) is 0 Å². The molecule has 1 N–H and O–H groups in total. The zero-order valence-corrected chi connectivity index (χ0v) is 20.1. The Bertz CT molecular complexity index is 1270. The molecule has 36 heavy (non-hydrogen) atoms. The number of benzene rings is 2. The van der Waals surface area contributed by atoms with Crippen molar-refractivity contribution in [2.24, 2.45) is 5.92 Å². The third kappa shape index (κ3) is 5.08. The molecular weight excluding hydrogens is 461 g/mol. The highest BCUT2D eigenvalue weighted by molar-refractivity contribution is 5.88. The van der Waals surface area contributed by atoms with Gasteiger partial charge in [-0.1, -0.05) is 19.8 Å². The van der Waals surface area contributed by atoms with Crippen molar-refractivity contribution >= 4 is 11.9 Å². The molecule has 1 saturated heterocycles. The molecule has 1 saturated carbocycles. The van der Waals surface area contributed by atoms with Gasteiger partial charge in [-0.05, 0) is 67.3 Å². The molecule has 3 aromatic rings. The van der Waals surface area contributed by atoms with Crippen molar-refractivity contribution < 1.29 is 23.8 Å². The third-order valence-electron chi connectivity index (χ3n) is 6.99. The van der Waals surface area contributed by atoms with E-state index in [4.69, 9.17) is 4.74 Å². The van der Waals surface area contributed by atoms with Crippen LogP contribution < -0.4 is 4.74 Å². The second-order valence-electron chi connectivity index (χ2n) is 9.78. The van der Waals surface area contributed by atoms with Gasteiger partial charge in [0, 0.05) is 36.6 Å². The van der Waals surface area contributed by atoms with Gasteiger partial charge in [-0.15, -0.1) is 0 Å². The summed E-state index contributed by atoms with van der Waals surface area (Å²) in [5.41, 5.74) is 2.59. The Kier molecular flexibility index (Phi) is 6.67. The summed E-state index contributed by atoms with van der Waals surface area (Å²) in [5.74, 6) is -0.881. The van der Waals surface area contributed by atoms with Crippen molar-refractivity contribution in [3.8, 4) is 22.8 Å². The number of rotatable bonds is 7. The smallest absolute Gasteiger partial charge is 0.338 e. The summed E-state index contributed by atoms with van der Waals surface area (Å²) in [6, 6.07) is 13.5. The quantitative estimate of drug-likeness (QED) is 0.451. The number of carbonyl (C=O) groups is 2. The molecule has 2 aromatic carbocycles. The highest BCUT2D eigenvalue weighted by Gasteiger charge is 2.28. The van der Waals surface area contributed by atoms with Crippen molar-refractivity contribution in [1.82, 2.24) is 15.1 Å². The third-order valence-corrected chi connectivity index (χ3v) is 6.99. The van der Waals surface area contributed by atoms with Crippen LogP contribution >= 0.6 is 0 Å².